The molecule has 0 bridgehead atoms. The first-order valence-corrected chi connectivity index (χ1v) is 4.23. The molecule has 0 amide bonds. The van der Waals surface area contributed by atoms with Gasteiger partial charge in [-0.25, -0.2) is 0 Å². The van der Waals surface area contributed by atoms with E-state index in [9.17, 15) is 8.76 Å². The van der Waals surface area contributed by atoms with E-state index in [1.54, 1.807) is 0 Å². The molecule has 0 aromatic rings. The van der Waals surface area contributed by atoms with Crippen molar-refractivity contribution in [1.82, 2.24) is 5.32 Å². The molecule has 1 heterocycles. The number of nitrogens with one attached hydrogen (secondary N) is 1. The Morgan fingerprint density at radius 2 is 2.00 bits per heavy atom. The summed E-state index contributed by atoms with van der Waals surface area (Å²) in [5.41, 5.74) is 0. The van der Waals surface area contributed by atoms with Gasteiger partial charge in [0.15, 0.2) is 0 Å². The van der Waals surface area contributed by atoms with E-state index >= 15 is 0 Å². The van der Waals surface area contributed by atoms with E-state index in [4.69, 9.17) is 0 Å². The highest BCUT2D eigenvalue weighted by Gasteiger charge is 2.12. The van der Waals surface area contributed by atoms with E-state index in [2.05, 4.69) is 5.32 Å². The highest BCUT2D eigenvalue weighted by atomic mass is 32.2. The number of hydrogen-bond donors (Lipinski definition) is 1. The van der Waals surface area contributed by atoms with Gasteiger partial charge in [-0.1, -0.05) is 11.1 Å². The average molecular weight is 148 g/mol. The summed E-state index contributed by atoms with van der Waals surface area (Å²) in [7, 11) is 0. The van der Waals surface area contributed by atoms with Gasteiger partial charge in [0.1, 0.15) is 0 Å². The SMILES string of the molecule is O=S([O-])C1CCNCC1. The molecule has 1 aliphatic heterocycles. The van der Waals surface area contributed by atoms with Crippen molar-refractivity contribution in [3.05, 3.63) is 0 Å². The van der Waals surface area contributed by atoms with Crippen molar-refractivity contribution >= 4 is 11.1 Å². The summed E-state index contributed by atoms with van der Waals surface area (Å²) in [6, 6.07) is 0. The molecule has 1 N–H and O–H groups in total. The molecular weight excluding hydrogens is 138 g/mol. The molecule has 1 unspecified atom stereocenters. The molecule has 0 aliphatic carbocycles. The topological polar surface area (TPSA) is 52.2 Å². The lowest BCUT2D eigenvalue weighted by molar-refractivity contribution is 0.471. The number of rotatable bonds is 1. The smallest absolute Gasteiger partial charge is 0.0239 e. The summed E-state index contributed by atoms with van der Waals surface area (Å²) < 4.78 is 20.7. The Bertz CT molecular complexity index is 112. The highest BCUT2D eigenvalue weighted by molar-refractivity contribution is 7.79. The first-order valence-electron chi connectivity index (χ1n) is 3.09. The fourth-order valence-corrected chi connectivity index (χ4v) is 1.61. The van der Waals surface area contributed by atoms with Gasteiger partial charge in [0, 0.05) is 5.25 Å². The van der Waals surface area contributed by atoms with Gasteiger partial charge in [-0.05, 0) is 25.9 Å². The molecule has 4 heteroatoms. The third-order valence-corrected chi connectivity index (χ3v) is 2.57. The summed E-state index contributed by atoms with van der Waals surface area (Å²) in [6.45, 7) is 1.69. The second kappa shape index (κ2) is 3.29. The quantitative estimate of drug-likeness (QED) is 0.516. The fourth-order valence-electron chi connectivity index (χ4n) is 0.988. The second-order valence-electron chi connectivity index (χ2n) is 2.21. The Morgan fingerprint density at radius 1 is 1.44 bits per heavy atom. The summed E-state index contributed by atoms with van der Waals surface area (Å²) >= 11 is -1.84. The van der Waals surface area contributed by atoms with Crippen LogP contribution in [0.1, 0.15) is 12.8 Å². The maximum absolute atomic E-state index is 10.3. The van der Waals surface area contributed by atoms with Crippen LogP contribution in [0.25, 0.3) is 0 Å². The largest absolute Gasteiger partial charge is 0.772 e. The molecule has 9 heavy (non-hydrogen) atoms. The molecule has 54 valence electrons. The van der Waals surface area contributed by atoms with Crippen LogP contribution in [0.5, 0.6) is 0 Å². The maximum Gasteiger partial charge on any atom is 0.0239 e. The van der Waals surface area contributed by atoms with Crippen LogP contribution < -0.4 is 5.32 Å². The van der Waals surface area contributed by atoms with Crippen molar-refractivity contribution in [2.24, 2.45) is 0 Å². The third-order valence-electron chi connectivity index (χ3n) is 1.56. The summed E-state index contributed by atoms with van der Waals surface area (Å²) in [5, 5.41) is 3.00. The molecular formula is C5H10NO2S-. The van der Waals surface area contributed by atoms with Crippen LogP contribution in [0, 0.1) is 0 Å². The van der Waals surface area contributed by atoms with Crippen molar-refractivity contribution in [3.8, 4) is 0 Å². The second-order valence-corrected chi connectivity index (χ2v) is 3.40. The van der Waals surface area contributed by atoms with Crippen LogP contribution in [0.2, 0.25) is 0 Å². The number of piperidine rings is 1. The minimum Gasteiger partial charge on any atom is -0.772 e. The molecule has 3 nitrogen and oxygen atoms in total. The van der Waals surface area contributed by atoms with Crippen molar-refractivity contribution in [1.29, 1.82) is 0 Å². The van der Waals surface area contributed by atoms with Gasteiger partial charge in [-0.3, -0.25) is 4.21 Å². The van der Waals surface area contributed by atoms with Gasteiger partial charge in [-0.2, -0.15) is 0 Å². The van der Waals surface area contributed by atoms with Crippen molar-refractivity contribution in [3.63, 3.8) is 0 Å². The molecule has 0 spiro atoms. The van der Waals surface area contributed by atoms with Crippen molar-refractivity contribution < 1.29 is 8.76 Å². The van der Waals surface area contributed by atoms with E-state index in [1.807, 2.05) is 0 Å². The normalized spacial score (nSPS) is 25.9. The Hall–Kier alpha value is 0.0700. The molecule has 0 radical (unpaired) electrons. The molecule has 1 rings (SSSR count). The van der Waals surface area contributed by atoms with Gasteiger partial charge in [0.2, 0.25) is 0 Å². The zero-order chi connectivity index (χ0) is 6.69. The molecule has 1 saturated heterocycles. The van der Waals surface area contributed by atoms with Crippen molar-refractivity contribution in [2.75, 3.05) is 13.1 Å². The zero-order valence-electron chi connectivity index (χ0n) is 5.13. The van der Waals surface area contributed by atoms with Crippen LogP contribution in [-0.4, -0.2) is 27.1 Å². The molecule has 1 aliphatic rings. The Labute approximate surface area is 57.1 Å². The summed E-state index contributed by atoms with van der Waals surface area (Å²) in [5.74, 6) is 0. The van der Waals surface area contributed by atoms with Crippen LogP contribution in [0.3, 0.4) is 0 Å². The Morgan fingerprint density at radius 3 is 2.33 bits per heavy atom. The Kier molecular flexibility index (Phi) is 2.63. The summed E-state index contributed by atoms with van der Waals surface area (Å²) in [4.78, 5) is 0. The molecule has 1 fully saturated rings. The van der Waals surface area contributed by atoms with Crippen LogP contribution in [-0.2, 0) is 11.1 Å². The molecule has 1 atom stereocenters. The molecule has 0 aromatic carbocycles. The minimum atomic E-state index is -1.84. The van der Waals surface area contributed by atoms with Crippen LogP contribution in [0.4, 0.5) is 0 Å². The lowest BCUT2D eigenvalue weighted by Crippen LogP contribution is -2.33. The third kappa shape index (κ3) is 2.04. The monoisotopic (exact) mass is 148 g/mol. The van der Waals surface area contributed by atoms with E-state index in [0.717, 1.165) is 25.9 Å². The van der Waals surface area contributed by atoms with Gasteiger partial charge >= 0.3 is 0 Å². The zero-order valence-corrected chi connectivity index (χ0v) is 5.95. The first-order chi connectivity index (χ1) is 4.30. The van der Waals surface area contributed by atoms with Crippen LogP contribution in [0.15, 0.2) is 0 Å². The number of hydrogen-bond acceptors (Lipinski definition) is 3. The van der Waals surface area contributed by atoms with Gasteiger partial charge in [-0.15, -0.1) is 0 Å². The predicted molar refractivity (Wildman–Crippen MR) is 34.8 cm³/mol. The minimum absolute atomic E-state index is 0.0914. The molecule has 0 aromatic heterocycles. The van der Waals surface area contributed by atoms with E-state index in [1.165, 1.54) is 0 Å². The lowest BCUT2D eigenvalue weighted by Gasteiger charge is -2.24. The highest BCUT2D eigenvalue weighted by Crippen LogP contribution is 2.07. The van der Waals surface area contributed by atoms with Gasteiger partial charge < -0.3 is 9.87 Å². The first kappa shape index (κ1) is 7.18. The standard InChI is InChI=1S/C5H11NO2S/c7-9(8)5-1-3-6-4-2-5/h5-6H,1-4H2,(H,7,8)/p-1. The van der Waals surface area contributed by atoms with E-state index in [-0.39, 0.29) is 5.25 Å². The summed E-state index contributed by atoms with van der Waals surface area (Å²) in [6.07, 6.45) is 1.55. The predicted octanol–water partition coefficient (Wildman–Crippen LogP) is -0.383. The fraction of sp³-hybridized carbons (Fsp3) is 1.00. The van der Waals surface area contributed by atoms with Crippen LogP contribution >= 0.6 is 0 Å². The van der Waals surface area contributed by atoms with Crippen molar-refractivity contribution in [2.45, 2.75) is 18.1 Å². The van der Waals surface area contributed by atoms with E-state index in [0.29, 0.717) is 0 Å². The molecule has 0 saturated carbocycles. The van der Waals surface area contributed by atoms with Gasteiger partial charge in [0.25, 0.3) is 0 Å². The lowest BCUT2D eigenvalue weighted by atomic mass is 10.2. The van der Waals surface area contributed by atoms with E-state index < -0.39 is 11.1 Å². The Balaban J connectivity index is 2.31. The maximum atomic E-state index is 10.3. The van der Waals surface area contributed by atoms with Gasteiger partial charge in [0.05, 0.1) is 0 Å². The average Bonchev–Trinajstić information content (AvgIpc) is 1.90.